The molecule has 0 unspecified atom stereocenters. The highest BCUT2D eigenvalue weighted by Gasteiger charge is 1.68. The van der Waals surface area contributed by atoms with Gasteiger partial charge in [-0.15, -0.1) is 0 Å². The van der Waals surface area contributed by atoms with Crippen molar-refractivity contribution in [3.8, 4) is 0 Å². The van der Waals surface area contributed by atoms with Crippen molar-refractivity contribution in [1.82, 2.24) is 6.15 Å². The molecular formula is C3H7Cl2N. The highest BCUT2D eigenvalue weighted by Crippen LogP contribution is 2.03. The predicted octanol–water partition coefficient (Wildman–Crippen LogP) is 2.49. The van der Waals surface area contributed by atoms with E-state index in [9.17, 15) is 0 Å². The summed E-state index contributed by atoms with van der Waals surface area (Å²) < 4.78 is 0.324. The van der Waals surface area contributed by atoms with Crippen molar-refractivity contribution in [2.24, 2.45) is 0 Å². The molecule has 0 amide bonds. The first-order valence-corrected chi connectivity index (χ1v) is 2.00. The third kappa shape index (κ3) is 8.86. The summed E-state index contributed by atoms with van der Waals surface area (Å²) in [6.07, 6.45) is 1.61. The molecule has 0 bridgehead atoms. The van der Waals surface area contributed by atoms with Crippen LogP contribution in [0.15, 0.2) is 10.6 Å². The maximum Gasteiger partial charge on any atom is 0.102 e. The average molecular weight is 128 g/mol. The molecule has 0 spiro atoms. The van der Waals surface area contributed by atoms with Crippen LogP contribution < -0.4 is 6.15 Å². The number of hydrogen-bond donors (Lipinski definition) is 1. The van der Waals surface area contributed by atoms with E-state index in [4.69, 9.17) is 23.2 Å². The van der Waals surface area contributed by atoms with Gasteiger partial charge >= 0.3 is 0 Å². The van der Waals surface area contributed by atoms with Gasteiger partial charge in [-0.25, -0.2) is 0 Å². The van der Waals surface area contributed by atoms with Crippen molar-refractivity contribution in [2.75, 3.05) is 0 Å². The Kier molecular flexibility index (Phi) is 8.41. The summed E-state index contributed by atoms with van der Waals surface area (Å²) in [5, 5.41) is 0. The Morgan fingerprint density at radius 2 is 1.67 bits per heavy atom. The summed E-state index contributed by atoms with van der Waals surface area (Å²) in [5.74, 6) is 0. The van der Waals surface area contributed by atoms with E-state index in [2.05, 4.69) is 0 Å². The fourth-order valence-corrected chi connectivity index (χ4v) is 0. The number of allylic oxidation sites excluding steroid dienone is 1. The number of hydrogen-bond acceptors (Lipinski definition) is 1. The normalized spacial score (nSPS) is 5.83. The second-order valence-electron chi connectivity index (χ2n) is 0.578. The van der Waals surface area contributed by atoms with Gasteiger partial charge in [0, 0.05) is 0 Å². The van der Waals surface area contributed by atoms with Gasteiger partial charge in [-0.2, -0.15) is 0 Å². The van der Waals surface area contributed by atoms with E-state index >= 15 is 0 Å². The number of halogens is 2. The quantitative estimate of drug-likeness (QED) is 0.534. The van der Waals surface area contributed by atoms with Crippen molar-refractivity contribution >= 4 is 23.2 Å². The Labute approximate surface area is 47.5 Å². The van der Waals surface area contributed by atoms with Gasteiger partial charge in [-0.1, -0.05) is 29.3 Å². The van der Waals surface area contributed by atoms with E-state index in [1.165, 1.54) is 0 Å². The lowest BCUT2D eigenvalue weighted by Gasteiger charge is -1.66. The van der Waals surface area contributed by atoms with Gasteiger partial charge in [0.05, 0.1) is 0 Å². The van der Waals surface area contributed by atoms with E-state index in [0.29, 0.717) is 4.49 Å². The Balaban J connectivity index is 0. The summed E-state index contributed by atoms with van der Waals surface area (Å²) in [7, 11) is 0. The summed E-state index contributed by atoms with van der Waals surface area (Å²) in [6.45, 7) is 1.77. The van der Waals surface area contributed by atoms with E-state index < -0.39 is 0 Å². The zero-order valence-electron chi connectivity index (χ0n) is 3.54. The molecule has 6 heavy (non-hydrogen) atoms. The Morgan fingerprint density at radius 1 is 1.50 bits per heavy atom. The van der Waals surface area contributed by atoms with Crippen molar-refractivity contribution < 1.29 is 0 Å². The lowest BCUT2D eigenvalue weighted by atomic mass is 10.8. The average Bonchev–Trinajstić information content (AvgIpc) is 1.38. The highest BCUT2D eigenvalue weighted by atomic mass is 35.5. The molecule has 0 radical (unpaired) electrons. The van der Waals surface area contributed by atoms with Gasteiger partial charge in [0.25, 0.3) is 0 Å². The van der Waals surface area contributed by atoms with Crippen molar-refractivity contribution in [1.29, 1.82) is 0 Å². The third-order valence-corrected chi connectivity index (χ3v) is 0.655. The molecule has 1 nitrogen and oxygen atoms in total. The fraction of sp³-hybridized carbons (Fsp3) is 0.333. The second-order valence-corrected chi connectivity index (χ2v) is 1.59. The summed E-state index contributed by atoms with van der Waals surface area (Å²) in [5.41, 5.74) is 0. The Bertz CT molecular complexity index is 46.8. The van der Waals surface area contributed by atoms with Crippen molar-refractivity contribution in [3.05, 3.63) is 10.6 Å². The van der Waals surface area contributed by atoms with E-state index in [1.54, 1.807) is 13.0 Å². The van der Waals surface area contributed by atoms with E-state index in [-0.39, 0.29) is 6.15 Å². The Hall–Kier alpha value is 0.280. The van der Waals surface area contributed by atoms with Crippen LogP contribution in [0, 0.1) is 0 Å². The van der Waals surface area contributed by atoms with Gasteiger partial charge in [0.1, 0.15) is 4.49 Å². The second kappa shape index (κ2) is 5.28. The molecule has 0 aliphatic rings. The van der Waals surface area contributed by atoms with Gasteiger partial charge < -0.3 is 6.15 Å². The highest BCUT2D eigenvalue weighted by molar-refractivity contribution is 6.55. The first-order chi connectivity index (χ1) is 2.27. The first-order valence-electron chi connectivity index (χ1n) is 1.24. The molecule has 0 aromatic carbocycles. The summed E-state index contributed by atoms with van der Waals surface area (Å²) in [6, 6.07) is 0. The molecule has 0 atom stereocenters. The maximum atomic E-state index is 5.09. The van der Waals surface area contributed by atoms with Crippen LogP contribution in [0.4, 0.5) is 0 Å². The van der Waals surface area contributed by atoms with Crippen LogP contribution in [0.2, 0.25) is 0 Å². The molecule has 0 aromatic heterocycles. The zero-order valence-corrected chi connectivity index (χ0v) is 5.05. The molecule has 38 valence electrons. The van der Waals surface area contributed by atoms with Gasteiger partial charge in [-0.3, -0.25) is 0 Å². The molecule has 0 rings (SSSR count). The lowest BCUT2D eigenvalue weighted by Crippen LogP contribution is -1.38. The van der Waals surface area contributed by atoms with Gasteiger partial charge in [0.15, 0.2) is 0 Å². The van der Waals surface area contributed by atoms with Crippen molar-refractivity contribution in [3.63, 3.8) is 0 Å². The minimum absolute atomic E-state index is 0. The standard InChI is InChI=1S/C3H4Cl2.H3N/c1-2-3(4)5;/h2H,1H3;1H3. The van der Waals surface area contributed by atoms with Crippen LogP contribution in [0.3, 0.4) is 0 Å². The largest absolute Gasteiger partial charge is 0.344 e. The number of rotatable bonds is 0. The van der Waals surface area contributed by atoms with Crippen LogP contribution >= 0.6 is 23.2 Å². The minimum atomic E-state index is 0. The van der Waals surface area contributed by atoms with Crippen LogP contribution in [0.1, 0.15) is 6.92 Å². The minimum Gasteiger partial charge on any atom is -0.344 e. The molecule has 3 N–H and O–H groups in total. The summed E-state index contributed by atoms with van der Waals surface area (Å²) >= 11 is 10.2. The lowest BCUT2D eigenvalue weighted by molar-refractivity contribution is 1.76. The molecule has 0 aliphatic carbocycles. The maximum absolute atomic E-state index is 5.09. The summed E-state index contributed by atoms with van der Waals surface area (Å²) in [4.78, 5) is 0. The van der Waals surface area contributed by atoms with Crippen LogP contribution in [0.5, 0.6) is 0 Å². The molecule has 0 aliphatic heterocycles. The van der Waals surface area contributed by atoms with Crippen LogP contribution in [-0.2, 0) is 0 Å². The van der Waals surface area contributed by atoms with Crippen LogP contribution in [0.25, 0.3) is 0 Å². The molecule has 0 saturated carbocycles. The fourth-order valence-electron chi connectivity index (χ4n) is 0. The van der Waals surface area contributed by atoms with Gasteiger partial charge in [-0.05, 0) is 6.92 Å². The molecule has 0 aromatic rings. The predicted molar refractivity (Wildman–Crippen MR) is 30.5 cm³/mol. The molecule has 0 heterocycles. The van der Waals surface area contributed by atoms with E-state index in [0.717, 1.165) is 0 Å². The first kappa shape index (κ1) is 9.56. The third-order valence-electron chi connectivity index (χ3n) is 0.218. The van der Waals surface area contributed by atoms with Crippen LogP contribution in [-0.4, -0.2) is 0 Å². The molecule has 3 heteroatoms. The SMILES string of the molecule is CC=C(Cl)Cl.N. The smallest absolute Gasteiger partial charge is 0.102 e. The molecule has 0 saturated heterocycles. The molecular weight excluding hydrogens is 121 g/mol. The zero-order chi connectivity index (χ0) is 4.28. The topological polar surface area (TPSA) is 35.0 Å². The van der Waals surface area contributed by atoms with Gasteiger partial charge in [0.2, 0.25) is 0 Å². The van der Waals surface area contributed by atoms with E-state index in [1.807, 2.05) is 0 Å². The monoisotopic (exact) mass is 127 g/mol. The molecule has 0 fully saturated rings. The van der Waals surface area contributed by atoms with Crippen molar-refractivity contribution in [2.45, 2.75) is 6.92 Å². The Morgan fingerprint density at radius 3 is 1.67 bits per heavy atom.